The van der Waals surface area contributed by atoms with E-state index in [-0.39, 0.29) is 0 Å². The smallest absolute Gasteiger partial charge is 0.161 e. The quantitative estimate of drug-likeness (QED) is 0.532. The number of rotatable bonds is 1. The number of fused-ring (bicyclic) bond motifs is 2. The standard InChI is InChI=1S/C13H9N5/c1-2-5-9-8(4-1)15-13(16-9)12-11-10(17-18-12)6-3-7-14-11/h1-7H,(H,15,16)(H,17,18). The fourth-order valence-corrected chi connectivity index (χ4v) is 2.08. The number of aromatic amines is 2. The first-order valence-corrected chi connectivity index (χ1v) is 5.66. The number of nitrogens with one attached hydrogen (secondary N) is 2. The van der Waals surface area contributed by atoms with Crippen LogP contribution in [-0.4, -0.2) is 25.1 Å². The summed E-state index contributed by atoms with van der Waals surface area (Å²) in [5, 5.41) is 7.24. The number of nitrogens with zero attached hydrogens (tertiary/aromatic N) is 3. The van der Waals surface area contributed by atoms with E-state index in [1.165, 1.54) is 0 Å². The van der Waals surface area contributed by atoms with Crippen molar-refractivity contribution in [2.45, 2.75) is 0 Å². The largest absolute Gasteiger partial charge is 0.337 e. The van der Waals surface area contributed by atoms with Crippen LogP contribution in [0.2, 0.25) is 0 Å². The van der Waals surface area contributed by atoms with Crippen LogP contribution in [0.15, 0.2) is 42.6 Å². The molecule has 0 aliphatic carbocycles. The summed E-state index contributed by atoms with van der Waals surface area (Å²) in [5.74, 6) is 0.737. The molecule has 0 spiro atoms. The number of imidazole rings is 1. The highest BCUT2D eigenvalue weighted by Crippen LogP contribution is 2.23. The van der Waals surface area contributed by atoms with E-state index in [0.717, 1.165) is 33.6 Å². The Kier molecular flexibility index (Phi) is 1.77. The summed E-state index contributed by atoms with van der Waals surface area (Å²) < 4.78 is 0. The highest BCUT2D eigenvalue weighted by molar-refractivity contribution is 5.89. The van der Waals surface area contributed by atoms with Crippen molar-refractivity contribution in [1.82, 2.24) is 25.1 Å². The summed E-state index contributed by atoms with van der Waals surface area (Å²) >= 11 is 0. The van der Waals surface area contributed by atoms with Crippen LogP contribution in [0.4, 0.5) is 0 Å². The normalized spacial score (nSPS) is 11.3. The van der Waals surface area contributed by atoms with Gasteiger partial charge in [0.2, 0.25) is 0 Å². The topological polar surface area (TPSA) is 70.2 Å². The van der Waals surface area contributed by atoms with Gasteiger partial charge in [-0.05, 0) is 24.3 Å². The summed E-state index contributed by atoms with van der Waals surface area (Å²) in [6.07, 6.45) is 1.75. The number of para-hydroxylation sites is 2. The van der Waals surface area contributed by atoms with E-state index >= 15 is 0 Å². The van der Waals surface area contributed by atoms with Crippen LogP contribution in [0.25, 0.3) is 33.6 Å². The Balaban J connectivity index is 2.01. The molecule has 4 rings (SSSR count). The third-order valence-corrected chi connectivity index (χ3v) is 2.93. The van der Waals surface area contributed by atoms with Crippen LogP contribution in [0.3, 0.4) is 0 Å². The summed E-state index contributed by atoms with van der Waals surface area (Å²) in [6.45, 7) is 0. The molecule has 3 aromatic heterocycles. The van der Waals surface area contributed by atoms with Crippen molar-refractivity contribution < 1.29 is 0 Å². The molecule has 0 bridgehead atoms. The molecule has 0 atom stereocenters. The van der Waals surface area contributed by atoms with Crippen molar-refractivity contribution in [2.75, 3.05) is 0 Å². The number of aromatic nitrogens is 5. The van der Waals surface area contributed by atoms with Gasteiger partial charge in [0.05, 0.1) is 16.6 Å². The second-order valence-corrected chi connectivity index (χ2v) is 4.07. The van der Waals surface area contributed by atoms with Gasteiger partial charge >= 0.3 is 0 Å². The second-order valence-electron chi connectivity index (χ2n) is 4.07. The fourth-order valence-electron chi connectivity index (χ4n) is 2.08. The van der Waals surface area contributed by atoms with Gasteiger partial charge < -0.3 is 4.98 Å². The van der Waals surface area contributed by atoms with Crippen LogP contribution < -0.4 is 0 Å². The number of hydrogen-bond acceptors (Lipinski definition) is 3. The minimum atomic E-state index is 0.737. The highest BCUT2D eigenvalue weighted by Gasteiger charge is 2.12. The molecule has 0 radical (unpaired) electrons. The molecular formula is C13H9N5. The highest BCUT2D eigenvalue weighted by atomic mass is 15.1. The van der Waals surface area contributed by atoms with E-state index < -0.39 is 0 Å². The van der Waals surface area contributed by atoms with Crippen molar-refractivity contribution in [1.29, 1.82) is 0 Å². The van der Waals surface area contributed by atoms with Crippen molar-refractivity contribution in [3.05, 3.63) is 42.6 Å². The number of benzene rings is 1. The Morgan fingerprint density at radius 1 is 0.944 bits per heavy atom. The Morgan fingerprint density at radius 3 is 2.78 bits per heavy atom. The first-order valence-electron chi connectivity index (χ1n) is 5.66. The van der Waals surface area contributed by atoms with E-state index in [1.807, 2.05) is 36.4 Å². The molecule has 0 unspecified atom stereocenters. The minimum absolute atomic E-state index is 0.737. The Hall–Kier alpha value is -2.69. The van der Waals surface area contributed by atoms with Crippen molar-refractivity contribution in [2.24, 2.45) is 0 Å². The van der Waals surface area contributed by atoms with Gasteiger partial charge in [-0.3, -0.25) is 10.1 Å². The number of hydrogen-bond donors (Lipinski definition) is 2. The Morgan fingerprint density at radius 2 is 1.83 bits per heavy atom. The first-order chi connectivity index (χ1) is 8.92. The van der Waals surface area contributed by atoms with E-state index in [4.69, 9.17) is 0 Å². The lowest BCUT2D eigenvalue weighted by atomic mass is 10.3. The molecule has 5 heteroatoms. The molecule has 0 amide bonds. The average molecular weight is 235 g/mol. The lowest BCUT2D eigenvalue weighted by molar-refractivity contribution is 1.10. The molecule has 0 aliphatic rings. The third kappa shape index (κ3) is 1.24. The summed E-state index contributed by atoms with van der Waals surface area (Å²) in [7, 11) is 0. The van der Waals surface area contributed by atoms with Crippen LogP contribution in [0, 0.1) is 0 Å². The average Bonchev–Trinajstić information content (AvgIpc) is 3.02. The van der Waals surface area contributed by atoms with Gasteiger partial charge in [0, 0.05) is 6.20 Å². The lowest BCUT2D eigenvalue weighted by Crippen LogP contribution is -1.82. The van der Waals surface area contributed by atoms with Crippen molar-refractivity contribution in [3.8, 4) is 11.5 Å². The van der Waals surface area contributed by atoms with Gasteiger partial charge in [0.25, 0.3) is 0 Å². The first kappa shape index (κ1) is 9.35. The number of H-pyrrole nitrogens is 2. The molecule has 0 saturated carbocycles. The maximum Gasteiger partial charge on any atom is 0.161 e. The molecule has 1 aromatic carbocycles. The molecule has 18 heavy (non-hydrogen) atoms. The van der Waals surface area contributed by atoms with Gasteiger partial charge in [-0.15, -0.1) is 0 Å². The molecular weight excluding hydrogens is 226 g/mol. The maximum atomic E-state index is 4.53. The third-order valence-electron chi connectivity index (χ3n) is 2.93. The van der Waals surface area contributed by atoms with Crippen LogP contribution in [0.1, 0.15) is 0 Å². The zero-order valence-corrected chi connectivity index (χ0v) is 9.38. The second kappa shape index (κ2) is 3.40. The van der Waals surface area contributed by atoms with Gasteiger partial charge in [-0.25, -0.2) is 4.98 Å². The fraction of sp³-hybridized carbons (Fsp3) is 0. The predicted octanol–water partition coefficient (Wildman–Crippen LogP) is 2.50. The van der Waals surface area contributed by atoms with Crippen molar-refractivity contribution >= 4 is 22.1 Å². The van der Waals surface area contributed by atoms with Gasteiger partial charge in [0.1, 0.15) is 5.52 Å². The molecule has 5 nitrogen and oxygen atoms in total. The van der Waals surface area contributed by atoms with E-state index in [1.54, 1.807) is 6.20 Å². The summed E-state index contributed by atoms with van der Waals surface area (Å²) in [5.41, 5.74) is 4.42. The van der Waals surface area contributed by atoms with E-state index in [0.29, 0.717) is 0 Å². The lowest BCUT2D eigenvalue weighted by Gasteiger charge is -1.90. The minimum Gasteiger partial charge on any atom is -0.337 e. The predicted molar refractivity (Wildman–Crippen MR) is 69.0 cm³/mol. The number of pyridine rings is 1. The molecule has 86 valence electrons. The van der Waals surface area contributed by atoms with Crippen molar-refractivity contribution in [3.63, 3.8) is 0 Å². The molecule has 0 aliphatic heterocycles. The molecule has 3 heterocycles. The molecule has 4 aromatic rings. The zero-order chi connectivity index (χ0) is 11.9. The molecule has 0 fully saturated rings. The van der Waals surface area contributed by atoms with E-state index in [2.05, 4.69) is 25.1 Å². The Bertz CT molecular complexity index is 809. The van der Waals surface area contributed by atoms with Gasteiger partial charge in [-0.1, -0.05) is 12.1 Å². The van der Waals surface area contributed by atoms with Crippen LogP contribution in [0.5, 0.6) is 0 Å². The van der Waals surface area contributed by atoms with Crippen LogP contribution in [-0.2, 0) is 0 Å². The van der Waals surface area contributed by atoms with Crippen LogP contribution >= 0.6 is 0 Å². The van der Waals surface area contributed by atoms with E-state index in [9.17, 15) is 0 Å². The SMILES string of the molecule is c1ccc2[nH]c(-c3n[nH]c4cccnc34)nc2c1. The molecule has 0 saturated heterocycles. The zero-order valence-electron chi connectivity index (χ0n) is 9.38. The maximum absolute atomic E-state index is 4.53. The monoisotopic (exact) mass is 235 g/mol. The summed E-state index contributed by atoms with van der Waals surface area (Å²) in [6, 6.07) is 11.7. The molecule has 2 N–H and O–H groups in total. The summed E-state index contributed by atoms with van der Waals surface area (Å²) in [4.78, 5) is 12.1. The van der Waals surface area contributed by atoms with Gasteiger partial charge in [0.15, 0.2) is 11.5 Å². The van der Waals surface area contributed by atoms with Gasteiger partial charge in [-0.2, -0.15) is 5.10 Å². The Labute approximate surface area is 102 Å².